The van der Waals surface area contributed by atoms with Crippen molar-refractivity contribution in [2.75, 3.05) is 7.11 Å². The molecule has 1 aromatic carbocycles. The molecule has 4 nitrogen and oxygen atoms in total. The van der Waals surface area contributed by atoms with E-state index in [0.29, 0.717) is 11.7 Å². The average molecular weight is 206 g/mol. The molecular weight excluding hydrogens is 196 g/mol. The number of rotatable bonds is 3. The molecule has 1 aromatic heterocycles. The van der Waals surface area contributed by atoms with Crippen LogP contribution in [0.25, 0.3) is 10.8 Å². The van der Waals surface area contributed by atoms with Crippen molar-refractivity contribution in [3.63, 3.8) is 0 Å². The summed E-state index contributed by atoms with van der Waals surface area (Å²) in [6.45, 7) is 0. The zero-order chi connectivity index (χ0) is 10.8. The van der Waals surface area contributed by atoms with Crippen molar-refractivity contribution in [1.82, 2.24) is 0 Å². The van der Waals surface area contributed by atoms with Crippen molar-refractivity contribution in [2.45, 2.75) is 6.42 Å². The van der Waals surface area contributed by atoms with Gasteiger partial charge in [0.05, 0.1) is 12.5 Å². The summed E-state index contributed by atoms with van der Waals surface area (Å²) >= 11 is 0. The SMILES string of the molecule is COc1oc(CC(=O)O)c2ccccc12. The highest BCUT2D eigenvalue weighted by Crippen LogP contribution is 2.31. The van der Waals surface area contributed by atoms with Crippen LogP contribution >= 0.6 is 0 Å². The Bertz CT molecular complexity index is 498. The lowest BCUT2D eigenvalue weighted by Gasteiger charge is -1.92. The Labute approximate surface area is 86.1 Å². The van der Waals surface area contributed by atoms with Crippen LogP contribution in [0.3, 0.4) is 0 Å². The van der Waals surface area contributed by atoms with Crippen LogP contribution in [-0.2, 0) is 11.2 Å². The number of fused-ring (bicyclic) bond motifs is 1. The van der Waals surface area contributed by atoms with Gasteiger partial charge in [-0.1, -0.05) is 18.2 Å². The van der Waals surface area contributed by atoms with E-state index in [2.05, 4.69) is 0 Å². The number of carbonyl (C=O) groups is 1. The second-order valence-electron chi connectivity index (χ2n) is 3.13. The minimum atomic E-state index is -0.919. The van der Waals surface area contributed by atoms with Crippen molar-refractivity contribution < 1.29 is 19.1 Å². The molecule has 0 saturated carbocycles. The standard InChI is InChI=1S/C11H10O4/c1-14-11-8-5-3-2-4-7(8)9(15-11)6-10(12)13/h2-5H,6H2,1H3,(H,12,13). The van der Waals surface area contributed by atoms with E-state index in [1.165, 1.54) is 7.11 Å². The number of hydrogen-bond acceptors (Lipinski definition) is 3. The number of aliphatic carboxylic acids is 1. The summed E-state index contributed by atoms with van der Waals surface area (Å²) in [4.78, 5) is 10.6. The zero-order valence-electron chi connectivity index (χ0n) is 8.19. The third-order valence-corrected chi connectivity index (χ3v) is 2.16. The van der Waals surface area contributed by atoms with Crippen molar-refractivity contribution in [3.05, 3.63) is 30.0 Å². The quantitative estimate of drug-likeness (QED) is 0.835. The van der Waals surface area contributed by atoms with Crippen LogP contribution in [0.15, 0.2) is 28.7 Å². The molecule has 0 radical (unpaired) electrons. The van der Waals surface area contributed by atoms with E-state index in [4.69, 9.17) is 14.3 Å². The maximum absolute atomic E-state index is 10.6. The molecule has 0 bridgehead atoms. The maximum Gasteiger partial charge on any atom is 0.311 e. The van der Waals surface area contributed by atoms with Gasteiger partial charge in [0.1, 0.15) is 12.2 Å². The Morgan fingerprint density at radius 2 is 2.07 bits per heavy atom. The van der Waals surface area contributed by atoms with Crippen molar-refractivity contribution in [1.29, 1.82) is 0 Å². The molecule has 0 aliphatic rings. The first kappa shape index (κ1) is 9.58. The van der Waals surface area contributed by atoms with Crippen molar-refractivity contribution in [3.8, 4) is 5.95 Å². The fraction of sp³-hybridized carbons (Fsp3) is 0.182. The van der Waals surface area contributed by atoms with Gasteiger partial charge in [-0.25, -0.2) is 0 Å². The third kappa shape index (κ3) is 1.66. The van der Waals surface area contributed by atoms with Crippen LogP contribution < -0.4 is 4.74 Å². The van der Waals surface area contributed by atoms with E-state index < -0.39 is 5.97 Å². The monoisotopic (exact) mass is 206 g/mol. The molecular formula is C11H10O4. The van der Waals surface area contributed by atoms with Crippen molar-refractivity contribution in [2.24, 2.45) is 0 Å². The van der Waals surface area contributed by atoms with E-state index in [1.54, 1.807) is 0 Å². The minimum Gasteiger partial charge on any atom is -0.481 e. The first-order valence-corrected chi connectivity index (χ1v) is 4.48. The lowest BCUT2D eigenvalue weighted by atomic mass is 10.1. The van der Waals surface area contributed by atoms with Crippen LogP contribution in [0.1, 0.15) is 5.76 Å². The van der Waals surface area contributed by atoms with Gasteiger partial charge < -0.3 is 14.3 Å². The molecule has 4 heteroatoms. The van der Waals surface area contributed by atoms with Gasteiger partial charge in [0.25, 0.3) is 5.95 Å². The van der Waals surface area contributed by atoms with Crippen LogP contribution in [0.2, 0.25) is 0 Å². The van der Waals surface area contributed by atoms with Gasteiger partial charge in [-0.2, -0.15) is 0 Å². The predicted molar refractivity (Wildman–Crippen MR) is 54.1 cm³/mol. The molecule has 0 fully saturated rings. The summed E-state index contributed by atoms with van der Waals surface area (Å²) in [7, 11) is 1.50. The molecule has 0 atom stereocenters. The lowest BCUT2D eigenvalue weighted by molar-refractivity contribution is -0.136. The van der Waals surface area contributed by atoms with Gasteiger partial charge in [-0.15, -0.1) is 0 Å². The Morgan fingerprint density at radius 1 is 1.40 bits per heavy atom. The normalized spacial score (nSPS) is 10.5. The molecule has 1 heterocycles. The molecule has 15 heavy (non-hydrogen) atoms. The summed E-state index contributed by atoms with van der Waals surface area (Å²) in [6.07, 6.45) is -0.135. The second kappa shape index (κ2) is 3.65. The van der Waals surface area contributed by atoms with E-state index in [9.17, 15) is 4.79 Å². The summed E-state index contributed by atoms with van der Waals surface area (Å²) in [6, 6.07) is 7.34. The number of carboxylic acid groups (broad SMARTS) is 1. The molecule has 0 unspecified atom stereocenters. The van der Waals surface area contributed by atoms with Gasteiger partial charge in [-0.3, -0.25) is 4.79 Å². The minimum absolute atomic E-state index is 0.135. The van der Waals surface area contributed by atoms with E-state index in [1.807, 2.05) is 24.3 Å². The Morgan fingerprint density at radius 3 is 2.67 bits per heavy atom. The number of furan rings is 1. The second-order valence-corrected chi connectivity index (χ2v) is 3.13. The number of benzene rings is 1. The highest BCUT2D eigenvalue weighted by atomic mass is 16.6. The highest BCUT2D eigenvalue weighted by molar-refractivity contribution is 5.91. The molecule has 1 N–H and O–H groups in total. The lowest BCUT2D eigenvalue weighted by Crippen LogP contribution is -1.98. The molecule has 0 spiro atoms. The van der Waals surface area contributed by atoms with E-state index in [0.717, 1.165) is 10.8 Å². The van der Waals surface area contributed by atoms with E-state index >= 15 is 0 Å². The molecule has 0 amide bonds. The van der Waals surface area contributed by atoms with E-state index in [-0.39, 0.29) is 6.42 Å². The smallest absolute Gasteiger partial charge is 0.311 e. The Balaban J connectivity index is 2.59. The Hall–Kier alpha value is -1.97. The van der Waals surface area contributed by atoms with Crippen molar-refractivity contribution >= 4 is 16.7 Å². The van der Waals surface area contributed by atoms with Gasteiger partial charge in [0.15, 0.2) is 0 Å². The number of ether oxygens (including phenoxy) is 1. The number of carboxylic acids is 1. The zero-order valence-corrected chi connectivity index (χ0v) is 8.19. The average Bonchev–Trinajstić information content (AvgIpc) is 2.56. The molecule has 0 aliphatic carbocycles. The first-order valence-electron chi connectivity index (χ1n) is 4.48. The largest absolute Gasteiger partial charge is 0.481 e. The predicted octanol–water partition coefficient (Wildman–Crippen LogP) is 2.07. The van der Waals surface area contributed by atoms with Crippen LogP contribution in [-0.4, -0.2) is 18.2 Å². The highest BCUT2D eigenvalue weighted by Gasteiger charge is 2.15. The molecule has 0 saturated heterocycles. The molecule has 2 aromatic rings. The third-order valence-electron chi connectivity index (χ3n) is 2.16. The summed E-state index contributed by atoms with van der Waals surface area (Å²) < 4.78 is 10.4. The van der Waals surface area contributed by atoms with Gasteiger partial charge in [0, 0.05) is 5.39 Å². The number of methoxy groups -OCH3 is 1. The molecule has 78 valence electrons. The Kier molecular flexibility index (Phi) is 2.33. The van der Waals surface area contributed by atoms with Crippen LogP contribution in [0.5, 0.6) is 5.95 Å². The first-order chi connectivity index (χ1) is 7.22. The fourth-order valence-electron chi connectivity index (χ4n) is 1.55. The number of hydrogen-bond donors (Lipinski definition) is 1. The fourth-order valence-corrected chi connectivity index (χ4v) is 1.55. The molecule has 2 rings (SSSR count). The maximum atomic E-state index is 10.6. The summed E-state index contributed by atoms with van der Waals surface area (Å²) in [5.41, 5.74) is 0. The molecule has 0 aliphatic heterocycles. The summed E-state index contributed by atoms with van der Waals surface area (Å²) in [5, 5.41) is 10.3. The van der Waals surface area contributed by atoms with Gasteiger partial charge in [0.2, 0.25) is 0 Å². The summed E-state index contributed by atoms with van der Waals surface area (Å²) in [5.74, 6) is -0.131. The van der Waals surface area contributed by atoms with Gasteiger partial charge in [-0.05, 0) is 6.07 Å². The van der Waals surface area contributed by atoms with Gasteiger partial charge >= 0.3 is 5.97 Å². The van der Waals surface area contributed by atoms with Crippen LogP contribution in [0, 0.1) is 0 Å². The topological polar surface area (TPSA) is 59.7 Å². The van der Waals surface area contributed by atoms with Crippen LogP contribution in [0.4, 0.5) is 0 Å².